The highest BCUT2D eigenvalue weighted by molar-refractivity contribution is 5.84. The van der Waals surface area contributed by atoms with Gasteiger partial charge in [-0.2, -0.15) is 0 Å². The van der Waals surface area contributed by atoms with Gasteiger partial charge in [0, 0.05) is 12.1 Å². The van der Waals surface area contributed by atoms with E-state index in [1.807, 2.05) is 0 Å². The van der Waals surface area contributed by atoms with Crippen LogP contribution in [0.1, 0.15) is 43.1 Å². The van der Waals surface area contributed by atoms with E-state index in [-0.39, 0.29) is 11.2 Å². The molecule has 1 aliphatic rings. The predicted octanol–water partition coefficient (Wildman–Crippen LogP) is 0.899. The fourth-order valence-corrected chi connectivity index (χ4v) is 2.31. The molecule has 0 saturated heterocycles. The number of hydrogen-bond acceptors (Lipinski definition) is 4. The summed E-state index contributed by atoms with van der Waals surface area (Å²) in [4.78, 5) is 10.6. The lowest BCUT2D eigenvalue weighted by Gasteiger charge is -2.25. The number of hydrogen-bond donors (Lipinski definition) is 2. The van der Waals surface area contributed by atoms with Gasteiger partial charge in [-0.15, -0.1) is 5.10 Å². The van der Waals surface area contributed by atoms with E-state index in [0.29, 0.717) is 6.54 Å². The number of carbonyl (C=O) groups is 1. The Morgan fingerprint density at radius 1 is 1.59 bits per heavy atom. The molecule has 1 aliphatic carbocycles. The molecule has 0 amide bonds. The normalized spacial score (nSPS) is 18.4. The van der Waals surface area contributed by atoms with Crippen LogP contribution in [0.25, 0.3) is 0 Å². The molecule has 2 N–H and O–H groups in total. The summed E-state index contributed by atoms with van der Waals surface area (Å²) < 4.78 is 1.56. The van der Waals surface area contributed by atoms with Gasteiger partial charge in [-0.1, -0.05) is 18.1 Å². The first-order chi connectivity index (χ1) is 8.09. The van der Waals surface area contributed by atoms with Gasteiger partial charge in [0.1, 0.15) is 0 Å². The third-order valence-corrected chi connectivity index (χ3v) is 3.36. The molecule has 2 rings (SSSR count). The van der Waals surface area contributed by atoms with E-state index in [4.69, 9.17) is 5.11 Å². The first kappa shape index (κ1) is 12.0. The van der Waals surface area contributed by atoms with Crippen LogP contribution in [0.2, 0.25) is 0 Å². The van der Waals surface area contributed by atoms with Crippen LogP contribution in [0.4, 0.5) is 0 Å². The molecule has 1 aromatic rings. The first-order valence-electron chi connectivity index (χ1n) is 5.98. The van der Waals surface area contributed by atoms with Crippen LogP contribution in [0.15, 0.2) is 6.20 Å². The Morgan fingerprint density at radius 3 is 2.88 bits per heavy atom. The molecule has 17 heavy (non-hydrogen) atoms. The summed E-state index contributed by atoms with van der Waals surface area (Å²) in [6.45, 7) is 3.68. The lowest BCUT2D eigenvalue weighted by atomic mass is 10.0. The fraction of sp³-hybridized carbons (Fsp3) is 0.727. The number of aromatic nitrogens is 3. The van der Waals surface area contributed by atoms with Crippen LogP contribution >= 0.6 is 0 Å². The average Bonchev–Trinajstić information content (AvgIpc) is 2.88. The third-order valence-electron chi connectivity index (χ3n) is 3.36. The molecule has 1 heterocycles. The Hall–Kier alpha value is -1.43. The van der Waals surface area contributed by atoms with Gasteiger partial charge in [0.25, 0.3) is 0 Å². The van der Waals surface area contributed by atoms with Crippen LogP contribution in [0.5, 0.6) is 0 Å². The van der Waals surface area contributed by atoms with Crippen molar-refractivity contribution in [1.29, 1.82) is 0 Å². The number of carboxylic acids is 1. The van der Waals surface area contributed by atoms with Crippen molar-refractivity contribution in [2.24, 2.45) is 0 Å². The Balaban J connectivity index is 1.79. The standard InChI is InChI=1S/C11H18N4O2/c1-11(4-2-3-5-11)12-6-7-15-8-9(10(16)17)13-14-15/h8,12H,2-7H2,1H3,(H,16,17). The van der Waals surface area contributed by atoms with E-state index in [9.17, 15) is 4.79 Å². The quantitative estimate of drug-likeness (QED) is 0.796. The molecule has 0 bridgehead atoms. The van der Waals surface area contributed by atoms with Crippen molar-refractivity contribution >= 4 is 5.97 Å². The van der Waals surface area contributed by atoms with Crippen molar-refractivity contribution in [3.8, 4) is 0 Å². The summed E-state index contributed by atoms with van der Waals surface area (Å²) in [5.74, 6) is -1.04. The van der Waals surface area contributed by atoms with Crippen LogP contribution in [-0.4, -0.2) is 38.2 Å². The average molecular weight is 238 g/mol. The number of rotatable bonds is 5. The number of nitrogens with one attached hydrogen (secondary N) is 1. The molecule has 1 aromatic heterocycles. The van der Waals surface area contributed by atoms with Crippen molar-refractivity contribution in [1.82, 2.24) is 20.3 Å². The minimum absolute atomic E-state index is 0.00271. The van der Waals surface area contributed by atoms with Crippen molar-refractivity contribution in [3.63, 3.8) is 0 Å². The Morgan fingerprint density at radius 2 is 2.29 bits per heavy atom. The second-order valence-corrected chi connectivity index (χ2v) is 4.87. The van der Waals surface area contributed by atoms with Gasteiger partial charge in [0.2, 0.25) is 0 Å². The SMILES string of the molecule is CC1(NCCn2cc(C(=O)O)nn2)CCCC1. The molecular formula is C11H18N4O2. The molecule has 0 atom stereocenters. The molecule has 0 spiro atoms. The first-order valence-corrected chi connectivity index (χ1v) is 5.98. The lowest BCUT2D eigenvalue weighted by molar-refractivity contribution is 0.0690. The van der Waals surface area contributed by atoms with Crippen molar-refractivity contribution in [2.75, 3.05) is 6.54 Å². The second kappa shape index (κ2) is 4.83. The third kappa shape index (κ3) is 3.03. The molecule has 0 aliphatic heterocycles. The predicted molar refractivity (Wildman–Crippen MR) is 61.9 cm³/mol. The Kier molecular flexibility index (Phi) is 3.42. The van der Waals surface area contributed by atoms with Crippen molar-refractivity contribution in [3.05, 3.63) is 11.9 Å². The molecule has 0 radical (unpaired) electrons. The summed E-state index contributed by atoms with van der Waals surface area (Å²) in [6.07, 6.45) is 6.46. The largest absolute Gasteiger partial charge is 0.476 e. The molecule has 1 saturated carbocycles. The van der Waals surface area contributed by atoms with Crippen molar-refractivity contribution in [2.45, 2.75) is 44.7 Å². The topological polar surface area (TPSA) is 80.0 Å². The highest BCUT2D eigenvalue weighted by Crippen LogP contribution is 2.28. The van der Waals surface area contributed by atoms with E-state index in [1.165, 1.54) is 31.9 Å². The molecule has 0 unspecified atom stereocenters. The van der Waals surface area contributed by atoms with E-state index >= 15 is 0 Å². The van der Waals surface area contributed by atoms with Gasteiger partial charge in [0.15, 0.2) is 5.69 Å². The molecule has 1 fully saturated rings. The molecule has 94 valence electrons. The van der Waals surface area contributed by atoms with Gasteiger partial charge in [-0.25, -0.2) is 4.79 Å². The summed E-state index contributed by atoms with van der Waals surface area (Å²) in [5.41, 5.74) is 0.244. The maximum Gasteiger partial charge on any atom is 0.358 e. The molecule has 0 aromatic carbocycles. The van der Waals surface area contributed by atoms with Crippen LogP contribution < -0.4 is 5.32 Å². The molecular weight excluding hydrogens is 220 g/mol. The van der Waals surface area contributed by atoms with Crippen molar-refractivity contribution < 1.29 is 9.90 Å². The molecule has 6 heteroatoms. The lowest BCUT2D eigenvalue weighted by Crippen LogP contribution is -2.41. The Labute approximate surface area is 100 Å². The van der Waals surface area contributed by atoms with E-state index in [0.717, 1.165) is 6.54 Å². The van der Waals surface area contributed by atoms with Gasteiger partial charge in [-0.05, 0) is 19.8 Å². The summed E-state index contributed by atoms with van der Waals surface area (Å²) in [7, 11) is 0. The smallest absolute Gasteiger partial charge is 0.358 e. The highest BCUT2D eigenvalue weighted by atomic mass is 16.4. The summed E-state index contributed by atoms with van der Waals surface area (Å²) in [6, 6.07) is 0. The van der Waals surface area contributed by atoms with Crippen LogP contribution in [0.3, 0.4) is 0 Å². The zero-order chi connectivity index (χ0) is 12.3. The maximum absolute atomic E-state index is 10.6. The second-order valence-electron chi connectivity index (χ2n) is 4.87. The van der Waals surface area contributed by atoms with Crippen LogP contribution in [0, 0.1) is 0 Å². The fourth-order valence-electron chi connectivity index (χ4n) is 2.31. The highest BCUT2D eigenvalue weighted by Gasteiger charge is 2.27. The number of aromatic carboxylic acids is 1. The van der Waals surface area contributed by atoms with Gasteiger partial charge >= 0.3 is 5.97 Å². The zero-order valence-electron chi connectivity index (χ0n) is 10.0. The van der Waals surface area contributed by atoms with Gasteiger partial charge < -0.3 is 10.4 Å². The van der Waals surface area contributed by atoms with Gasteiger partial charge in [-0.3, -0.25) is 4.68 Å². The van der Waals surface area contributed by atoms with Crippen LogP contribution in [-0.2, 0) is 6.54 Å². The minimum Gasteiger partial charge on any atom is -0.476 e. The zero-order valence-corrected chi connectivity index (χ0v) is 10.0. The molecule has 6 nitrogen and oxygen atoms in total. The summed E-state index contributed by atoms with van der Waals surface area (Å²) in [5, 5.41) is 19.6. The summed E-state index contributed by atoms with van der Waals surface area (Å²) >= 11 is 0. The van der Waals surface area contributed by atoms with E-state index in [1.54, 1.807) is 4.68 Å². The van der Waals surface area contributed by atoms with E-state index < -0.39 is 5.97 Å². The monoisotopic (exact) mass is 238 g/mol. The maximum atomic E-state index is 10.6. The number of carboxylic acid groups (broad SMARTS) is 1. The number of nitrogens with zero attached hydrogens (tertiary/aromatic N) is 3. The van der Waals surface area contributed by atoms with Gasteiger partial charge in [0.05, 0.1) is 12.7 Å². The Bertz CT molecular complexity index is 396. The minimum atomic E-state index is -1.04. The van der Waals surface area contributed by atoms with E-state index in [2.05, 4.69) is 22.6 Å².